The Labute approximate surface area is 244 Å². The Morgan fingerprint density at radius 1 is 1.29 bits per heavy atom. The highest BCUT2D eigenvalue weighted by molar-refractivity contribution is 7.17. The highest BCUT2D eigenvalue weighted by Gasteiger charge is 2.41. The first kappa shape index (κ1) is 37.4. The van der Waals surface area contributed by atoms with Gasteiger partial charge in [0.1, 0.15) is 6.04 Å². The fourth-order valence-electron chi connectivity index (χ4n) is 3.45. The van der Waals surface area contributed by atoms with E-state index < -0.39 is 30.6 Å². The Bertz CT molecular complexity index is 1230. The molecule has 2 aromatic rings. The average molecular weight is 596 g/mol. The molecule has 0 bridgehead atoms. The van der Waals surface area contributed by atoms with Crippen LogP contribution in [0.2, 0.25) is 0 Å². The molecule has 0 radical (unpaired) electrons. The SMILES string of the molecule is C#Cc1csc2cncc(C(C#N)NC=O)c12.CC.CC(C)C.C[C@H]1CN(C(=O)CNC(=O)C(F)(F)F)CC1(C)C. The van der Waals surface area contributed by atoms with Crippen molar-refractivity contribution >= 4 is 39.6 Å². The second kappa shape index (κ2) is 17.2. The van der Waals surface area contributed by atoms with Crippen molar-refractivity contribution in [2.75, 3.05) is 19.6 Å². The molecule has 1 saturated heterocycles. The lowest BCUT2D eigenvalue weighted by Crippen LogP contribution is -2.44. The smallest absolute Gasteiger partial charge is 0.340 e. The topological polar surface area (TPSA) is 115 Å². The molecule has 3 heterocycles. The first-order chi connectivity index (χ1) is 19.1. The van der Waals surface area contributed by atoms with Gasteiger partial charge in [0.2, 0.25) is 12.3 Å². The van der Waals surface area contributed by atoms with Crippen molar-refractivity contribution in [2.24, 2.45) is 17.3 Å². The van der Waals surface area contributed by atoms with E-state index in [0.717, 1.165) is 21.6 Å². The van der Waals surface area contributed by atoms with Gasteiger partial charge in [-0.15, -0.1) is 17.8 Å². The quantitative estimate of drug-likeness (QED) is 0.353. The number of pyridine rings is 1. The number of terminal acetylenes is 1. The summed E-state index contributed by atoms with van der Waals surface area (Å²) in [5, 5.41) is 15.7. The molecule has 2 N–H and O–H groups in total. The van der Waals surface area contributed by atoms with Gasteiger partial charge in [-0.3, -0.25) is 19.4 Å². The van der Waals surface area contributed by atoms with Crippen LogP contribution in [-0.4, -0.2) is 53.9 Å². The zero-order valence-electron chi connectivity index (χ0n) is 24.8. The van der Waals surface area contributed by atoms with E-state index in [2.05, 4.69) is 37.0 Å². The van der Waals surface area contributed by atoms with Gasteiger partial charge in [-0.2, -0.15) is 18.4 Å². The Hall–Kier alpha value is -3.64. The van der Waals surface area contributed by atoms with Gasteiger partial charge in [0.05, 0.1) is 17.3 Å². The number of carbonyl (C=O) groups is 3. The molecule has 8 nitrogen and oxygen atoms in total. The van der Waals surface area contributed by atoms with E-state index in [1.165, 1.54) is 16.2 Å². The predicted molar refractivity (Wildman–Crippen MR) is 156 cm³/mol. The molecular weight excluding hydrogens is 555 g/mol. The van der Waals surface area contributed by atoms with Crippen molar-refractivity contribution in [1.29, 1.82) is 5.26 Å². The van der Waals surface area contributed by atoms with Crippen LogP contribution < -0.4 is 10.6 Å². The molecule has 1 unspecified atom stereocenters. The largest absolute Gasteiger partial charge is 0.471 e. The molecule has 1 aliphatic rings. The van der Waals surface area contributed by atoms with E-state index >= 15 is 0 Å². The molecule has 12 heteroatoms. The molecule has 0 saturated carbocycles. The van der Waals surface area contributed by atoms with Gasteiger partial charge in [-0.1, -0.05) is 61.3 Å². The van der Waals surface area contributed by atoms with Crippen LogP contribution in [0, 0.1) is 40.9 Å². The molecule has 2 aromatic heterocycles. The summed E-state index contributed by atoms with van der Waals surface area (Å²) in [5.41, 5.74) is 1.30. The minimum atomic E-state index is -4.95. The van der Waals surface area contributed by atoms with Crippen LogP contribution in [0.25, 0.3) is 10.1 Å². The molecule has 0 spiro atoms. The van der Waals surface area contributed by atoms with Crippen LogP contribution in [0.5, 0.6) is 0 Å². The summed E-state index contributed by atoms with van der Waals surface area (Å²) >= 11 is 1.47. The predicted octanol–water partition coefficient (Wildman–Crippen LogP) is 5.45. The number of thiophene rings is 1. The lowest BCUT2D eigenvalue weighted by atomic mass is 9.84. The molecule has 0 aromatic carbocycles. The number of hydrogen-bond donors (Lipinski definition) is 2. The van der Waals surface area contributed by atoms with Crippen LogP contribution in [0.15, 0.2) is 17.8 Å². The van der Waals surface area contributed by atoms with Crippen molar-refractivity contribution in [1.82, 2.24) is 20.5 Å². The highest BCUT2D eigenvalue weighted by atomic mass is 32.1. The highest BCUT2D eigenvalue weighted by Crippen LogP contribution is 2.34. The van der Waals surface area contributed by atoms with Gasteiger partial charge in [0.25, 0.3) is 0 Å². The first-order valence-electron chi connectivity index (χ1n) is 13.1. The van der Waals surface area contributed by atoms with Gasteiger partial charge in [-0.05, 0) is 17.3 Å². The number of carbonyl (C=O) groups excluding carboxylic acids is 3. The summed E-state index contributed by atoms with van der Waals surface area (Å²) in [6, 6.07) is 1.28. The minimum Gasteiger partial charge on any atom is -0.340 e. The third kappa shape index (κ3) is 11.8. The number of hydrogen-bond acceptors (Lipinski definition) is 6. The number of nitrogens with zero attached hydrogens (tertiary/aromatic N) is 3. The normalized spacial score (nSPS) is 15.9. The number of halogens is 3. The van der Waals surface area contributed by atoms with Crippen molar-refractivity contribution in [2.45, 2.75) is 67.6 Å². The van der Waals surface area contributed by atoms with Crippen molar-refractivity contribution < 1.29 is 27.6 Å². The van der Waals surface area contributed by atoms with E-state index in [0.29, 0.717) is 25.1 Å². The molecule has 0 aliphatic carbocycles. The molecule has 226 valence electrons. The summed E-state index contributed by atoms with van der Waals surface area (Å²) < 4.78 is 36.7. The zero-order valence-corrected chi connectivity index (χ0v) is 25.7. The average Bonchev–Trinajstić information content (AvgIpc) is 3.45. The third-order valence-corrected chi connectivity index (χ3v) is 6.70. The number of amides is 3. The third-order valence-electron chi connectivity index (χ3n) is 5.78. The van der Waals surface area contributed by atoms with Crippen LogP contribution in [0.1, 0.15) is 72.6 Å². The molecule has 3 rings (SSSR count). The summed E-state index contributed by atoms with van der Waals surface area (Å²) in [6.07, 6.45) is 4.21. The van der Waals surface area contributed by atoms with Crippen LogP contribution in [0.4, 0.5) is 13.2 Å². The van der Waals surface area contributed by atoms with Gasteiger partial charge < -0.3 is 15.5 Å². The van der Waals surface area contributed by atoms with Crippen LogP contribution in [0.3, 0.4) is 0 Å². The molecular formula is C29H40F3N5O3S. The minimum absolute atomic E-state index is 0.0519. The molecule has 1 aliphatic heterocycles. The van der Waals surface area contributed by atoms with Crippen LogP contribution in [-0.2, 0) is 14.4 Å². The number of nitrogens with one attached hydrogen (secondary N) is 2. The van der Waals surface area contributed by atoms with Crippen molar-refractivity contribution in [3.63, 3.8) is 0 Å². The number of rotatable bonds is 5. The lowest BCUT2D eigenvalue weighted by molar-refractivity contribution is -0.174. The van der Waals surface area contributed by atoms with Gasteiger partial charge >= 0.3 is 12.1 Å². The van der Waals surface area contributed by atoms with E-state index in [1.54, 1.807) is 17.7 Å². The van der Waals surface area contributed by atoms with E-state index in [9.17, 15) is 27.6 Å². The van der Waals surface area contributed by atoms with Crippen molar-refractivity contribution in [3.05, 3.63) is 28.9 Å². The van der Waals surface area contributed by atoms with Gasteiger partial charge in [-0.25, -0.2) is 0 Å². The summed E-state index contributed by atoms with van der Waals surface area (Å²) in [5.74, 6) is 1.12. The monoisotopic (exact) mass is 595 g/mol. The zero-order chi connectivity index (χ0) is 32.0. The maximum absolute atomic E-state index is 11.9. The Kier molecular flexibility index (Phi) is 15.7. The summed E-state index contributed by atoms with van der Waals surface area (Å²) in [6.45, 7) is 16.9. The summed E-state index contributed by atoms with van der Waals surface area (Å²) in [4.78, 5) is 38.2. The van der Waals surface area contributed by atoms with E-state index in [4.69, 9.17) is 11.7 Å². The van der Waals surface area contributed by atoms with Gasteiger partial charge in [0.15, 0.2) is 0 Å². The Morgan fingerprint density at radius 3 is 2.32 bits per heavy atom. The Balaban J connectivity index is 0.000000656. The number of aromatic nitrogens is 1. The molecule has 1 fully saturated rings. The first-order valence-corrected chi connectivity index (χ1v) is 14.0. The fraction of sp³-hybridized carbons (Fsp3) is 0.552. The molecule has 41 heavy (non-hydrogen) atoms. The number of likely N-dealkylation sites (tertiary alicyclic amines) is 1. The molecule has 2 atom stereocenters. The van der Waals surface area contributed by atoms with Gasteiger partial charge in [0, 0.05) is 47.4 Å². The maximum atomic E-state index is 11.9. The Morgan fingerprint density at radius 2 is 1.88 bits per heavy atom. The lowest BCUT2D eigenvalue weighted by Gasteiger charge is -2.22. The standard InChI is InChI=1S/C12H7N3OS.C11H17F3N2O2.C4H10.C2H6/c1-2-8-6-17-11-5-14-4-9(12(8)11)10(3-13)15-7-16;1-7-5-16(6-10(7,2)3)8(17)4-15-9(18)11(12,13)14;1-4(2)3;1-2/h1,4-7,10H,(H,15,16);7H,4-6H2,1-3H3,(H,15,18);4H,1-3H3;1-2H3/t;7-;;/m.0../s1. The summed E-state index contributed by atoms with van der Waals surface area (Å²) in [7, 11) is 0. The molecule has 3 amide bonds. The van der Waals surface area contributed by atoms with E-state index in [1.807, 2.05) is 46.1 Å². The maximum Gasteiger partial charge on any atom is 0.471 e. The van der Waals surface area contributed by atoms with Crippen molar-refractivity contribution in [3.8, 4) is 18.4 Å². The number of alkyl halides is 3. The number of nitriles is 1. The number of fused-ring (bicyclic) bond motifs is 1. The fourth-order valence-corrected chi connectivity index (χ4v) is 4.35. The van der Waals surface area contributed by atoms with Crippen LogP contribution >= 0.6 is 11.3 Å². The van der Waals surface area contributed by atoms with E-state index in [-0.39, 0.29) is 11.3 Å². The second-order valence-electron chi connectivity index (χ2n) is 10.3. The second-order valence-corrected chi connectivity index (χ2v) is 11.2.